The highest BCUT2D eigenvalue weighted by atomic mass is 32.2. The van der Waals surface area contributed by atoms with Gasteiger partial charge in [-0.15, -0.1) is 0 Å². The molecule has 1 N–H and O–H groups in total. The zero-order valence-electron chi connectivity index (χ0n) is 15.9. The molecular formula is C21H26N2O3S. The van der Waals surface area contributed by atoms with Crippen molar-refractivity contribution in [2.45, 2.75) is 44.4 Å². The van der Waals surface area contributed by atoms with Gasteiger partial charge in [0.15, 0.2) is 0 Å². The van der Waals surface area contributed by atoms with Crippen molar-refractivity contribution in [3.63, 3.8) is 0 Å². The van der Waals surface area contributed by atoms with Crippen molar-refractivity contribution < 1.29 is 13.2 Å². The number of benzene rings is 2. The molecule has 6 heteroatoms. The third kappa shape index (κ3) is 4.39. The predicted octanol–water partition coefficient (Wildman–Crippen LogP) is 3.39. The first-order chi connectivity index (χ1) is 12.9. The first kappa shape index (κ1) is 19.6. The Morgan fingerprint density at radius 1 is 1.00 bits per heavy atom. The SMILES string of the molecule is CCN(CC)S(=O)(=O)c1ccc(NC(=O)Cc2ccc3c(c2)CCC3)cc1. The van der Waals surface area contributed by atoms with Gasteiger partial charge in [-0.2, -0.15) is 4.31 Å². The van der Waals surface area contributed by atoms with Gasteiger partial charge in [0.25, 0.3) is 0 Å². The van der Waals surface area contributed by atoms with Crippen molar-refractivity contribution in [2.24, 2.45) is 0 Å². The maximum absolute atomic E-state index is 12.5. The molecule has 1 amide bonds. The Balaban J connectivity index is 1.65. The topological polar surface area (TPSA) is 66.5 Å². The van der Waals surface area contributed by atoms with Crippen LogP contribution in [0.2, 0.25) is 0 Å². The summed E-state index contributed by atoms with van der Waals surface area (Å²) in [5, 5.41) is 2.85. The van der Waals surface area contributed by atoms with Crippen LogP contribution in [0, 0.1) is 0 Å². The summed E-state index contributed by atoms with van der Waals surface area (Å²) in [4.78, 5) is 12.6. The molecular weight excluding hydrogens is 360 g/mol. The number of carbonyl (C=O) groups excluding carboxylic acids is 1. The van der Waals surface area contributed by atoms with Gasteiger partial charge in [-0.05, 0) is 60.2 Å². The van der Waals surface area contributed by atoms with Gasteiger partial charge in [0.05, 0.1) is 11.3 Å². The Bertz CT molecular complexity index is 917. The van der Waals surface area contributed by atoms with Crippen molar-refractivity contribution in [1.82, 2.24) is 4.31 Å². The van der Waals surface area contributed by atoms with Crippen LogP contribution in [0.4, 0.5) is 5.69 Å². The fraction of sp³-hybridized carbons (Fsp3) is 0.381. The van der Waals surface area contributed by atoms with Gasteiger partial charge in [0.2, 0.25) is 15.9 Å². The predicted molar refractivity (Wildman–Crippen MR) is 107 cm³/mol. The van der Waals surface area contributed by atoms with E-state index in [0.29, 0.717) is 25.2 Å². The second kappa shape index (κ2) is 8.23. The summed E-state index contributed by atoms with van der Waals surface area (Å²) in [6, 6.07) is 12.6. The normalized spacial score (nSPS) is 13.6. The number of amides is 1. The van der Waals surface area contributed by atoms with E-state index in [1.165, 1.54) is 21.9 Å². The maximum atomic E-state index is 12.5. The van der Waals surface area contributed by atoms with Crippen LogP contribution in [0.25, 0.3) is 0 Å². The smallest absolute Gasteiger partial charge is 0.243 e. The molecule has 3 rings (SSSR count). The van der Waals surface area contributed by atoms with Gasteiger partial charge < -0.3 is 5.32 Å². The van der Waals surface area contributed by atoms with Crippen LogP contribution in [-0.4, -0.2) is 31.7 Å². The molecule has 27 heavy (non-hydrogen) atoms. The number of rotatable bonds is 7. The molecule has 0 heterocycles. The highest BCUT2D eigenvalue weighted by Crippen LogP contribution is 2.23. The lowest BCUT2D eigenvalue weighted by Gasteiger charge is -2.18. The molecule has 5 nitrogen and oxygen atoms in total. The summed E-state index contributed by atoms with van der Waals surface area (Å²) in [5.41, 5.74) is 4.35. The standard InChI is InChI=1S/C21H26N2O3S/c1-3-23(4-2)27(25,26)20-12-10-19(11-13-20)22-21(24)15-16-8-9-17-6-5-7-18(17)14-16/h8-14H,3-7,15H2,1-2H3,(H,22,24). The molecule has 0 fully saturated rings. The van der Waals surface area contributed by atoms with E-state index >= 15 is 0 Å². The second-order valence-corrected chi connectivity index (χ2v) is 8.73. The molecule has 2 aromatic carbocycles. The summed E-state index contributed by atoms with van der Waals surface area (Å²) in [5.74, 6) is -0.104. The number of nitrogens with one attached hydrogen (secondary N) is 1. The molecule has 0 aromatic heterocycles. The van der Waals surface area contributed by atoms with Crippen molar-refractivity contribution in [3.05, 3.63) is 59.2 Å². The molecule has 0 saturated carbocycles. The van der Waals surface area contributed by atoms with Crippen LogP contribution in [-0.2, 0) is 34.1 Å². The van der Waals surface area contributed by atoms with E-state index in [4.69, 9.17) is 0 Å². The molecule has 2 aromatic rings. The number of fused-ring (bicyclic) bond motifs is 1. The number of nitrogens with zero attached hydrogens (tertiary/aromatic N) is 1. The van der Waals surface area contributed by atoms with E-state index < -0.39 is 10.0 Å². The molecule has 144 valence electrons. The second-order valence-electron chi connectivity index (χ2n) is 6.80. The van der Waals surface area contributed by atoms with Gasteiger partial charge in [-0.25, -0.2) is 8.42 Å². The van der Waals surface area contributed by atoms with Crippen molar-refractivity contribution in [1.29, 1.82) is 0 Å². The van der Waals surface area contributed by atoms with Gasteiger partial charge in [-0.1, -0.05) is 32.0 Å². The monoisotopic (exact) mass is 386 g/mol. The summed E-state index contributed by atoms with van der Waals surface area (Å²) in [7, 11) is -3.48. The molecule has 0 saturated heterocycles. The Labute approximate surface area is 161 Å². The van der Waals surface area contributed by atoms with E-state index in [0.717, 1.165) is 18.4 Å². The molecule has 0 unspecified atom stereocenters. The molecule has 1 aliphatic rings. The zero-order chi connectivity index (χ0) is 19.4. The van der Waals surface area contributed by atoms with Crippen LogP contribution in [0.15, 0.2) is 47.4 Å². The summed E-state index contributed by atoms with van der Waals surface area (Å²) < 4.78 is 26.4. The van der Waals surface area contributed by atoms with Gasteiger partial charge >= 0.3 is 0 Å². The first-order valence-electron chi connectivity index (χ1n) is 9.44. The molecule has 0 spiro atoms. The minimum absolute atomic E-state index is 0.104. The lowest BCUT2D eigenvalue weighted by Crippen LogP contribution is -2.30. The number of hydrogen-bond donors (Lipinski definition) is 1. The number of carbonyl (C=O) groups is 1. The van der Waals surface area contributed by atoms with Gasteiger partial charge in [0.1, 0.15) is 0 Å². The number of anilines is 1. The summed E-state index contributed by atoms with van der Waals surface area (Å²) in [6.45, 7) is 4.49. The Kier molecular flexibility index (Phi) is 5.97. The number of aryl methyl sites for hydroxylation is 2. The van der Waals surface area contributed by atoms with Crippen LogP contribution in [0.3, 0.4) is 0 Å². The molecule has 0 radical (unpaired) electrons. The third-order valence-electron chi connectivity index (χ3n) is 5.01. The quantitative estimate of drug-likeness (QED) is 0.793. The van der Waals surface area contributed by atoms with Crippen LogP contribution in [0.1, 0.15) is 37.0 Å². The highest BCUT2D eigenvalue weighted by Gasteiger charge is 2.21. The average molecular weight is 387 g/mol. The van der Waals surface area contributed by atoms with Crippen molar-refractivity contribution >= 4 is 21.6 Å². The maximum Gasteiger partial charge on any atom is 0.243 e. The zero-order valence-corrected chi connectivity index (χ0v) is 16.7. The minimum Gasteiger partial charge on any atom is -0.326 e. The molecule has 0 bridgehead atoms. The Morgan fingerprint density at radius 3 is 2.33 bits per heavy atom. The Morgan fingerprint density at radius 2 is 1.67 bits per heavy atom. The van der Waals surface area contributed by atoms with Crippen LogP contribution in [0.5, 0.6) is 0 Å². The molecule has 1 aliphatic carbocycles. The summed E-state index contributed by atoms with van der Waals surface area (Å²) >= 11 is 0. The molecule has 0 atom stereocenters. The van der Waals surface area contributed by atoms with E-state index in [1.54, 1.807) is 24.3 Å². The lowest BCUT2D eigenvalue weighted by molar-refractivity contribution is -0.115. The van der Waals surface area contributed by atoms with Gasteiger partial charge in [0, 0.05) is 18.8 Å². The Hall–Kier alpha value is -2.18. The fourth-order valence-corrected chi connectivity index (χ4v) is 5.01. The molecule has 0 aliphatic heterocycles. The number of hydrogen-bond acceptors (Lipinski definition) is 3. The van der Waals surface area contributed by atoms with Crippen molar-refractivity contribution in [2.75, 3.05) is 18.4 Å². The average Bonchev–Trinajstić information content (AvgIpc) is 3.10. The van der Waals surface area contributed by atoms with Crippen LogP contribution < -0.4 is 5.32 Å². The first-order valence-corrected chi connectivity index (χ1v) is 10.9. The van der Waals surface area contributed by atoms with E-state index in [2.05, 4.69) is 17.4 Å². The van der Waals surface area contributed by atoms with E-state index in [1.807, 2.05) is 19.9 Å². The highest BCUT2D eigenvalue weighted by molar-refractivity contribution is 7.89. The van der Waals surface area contributed by atoms with Gasteiger partial charge in [-0.3, -0.25) is 4.79 Å². The van der Waals surface area contributed by atoms with Crippen molar-refractivity contribution in [3.8, 4) is 0 Å². The lowest BCUT2D eigenvalue weighted by atomic mass is 10.0. The summed E-state index contributed by atoms with van der Waals surface area (Å²) in [6.07, 6.45) is 3.72. The fourth-order valence-electron chi connectivity index (χ4n) is 3.55. The van der Waals surface area contributed by atoms with E-state index in [9.17, 15) is 13.2 Å². The van der Waals surface area contributed by atoms with Crippen LogP contribution >= 0.6 is 0 Å². The largest absolute Gasteiger partial charge is 0.326 e. The van der Waals surface area contributed by atoms with E-state index in [-0.39, 0.29) is 10.8 Å². The number of sulfonamides is 1. The minimum atomic E-state index is -3.48. The third-order valence-corrected chi connectivity index (χ3v) is 7.07.